The number of nitrogens with two attached hydrogens (primary N) is 1. The molecule has 0 spiro atoms. The quantitative estimate of drug-likeness (QED) is 0.0264. The van der Waals surface area contributed by atoms with Gasteiger partial charge in [-0.25, -0.2) is 4.57 Å². The summed E-state index contributed by atoms with van der Waals surface area (Å²) in [4.78, 5) is 35.2. The molecule has 73 heavy (non-hydrogen) atoms. The standard InChI is InChI=1S/C63H106NO8P/c1-3-5-7-9-11-13-15-17-19-21-23-25-27-29-30-32-33-35-37-39-41-43-45-47-49-51-53-55-62(65)69-59-61(60-71-73(67,68)70-58-57-64)72-63(66)56-54-52-50-48-46-44-42-40-38-36-34-31-28-26-24-22-20-18-16-14-12-10-8-6-4-2/h5-8,11-14,17-20,23-26,31,34,38,40,61H,3-4,9-10,15-16,21-22,27-30,32-33,35-37,39,41-60,64H2,1-2H3,(H,67,68)/b7-5-,8-6-,13-11-,14-12-,19-17-,20-18-,25-23-,26-24-,34-31-,40-38-. The highest BCUT2D eigenvalue weighted by molar-refractivity contribution is 7.47. The van der Waals surface area contributed by atoms with Gasteiger partial charge < -0.3 is 20.1 Å². The molecule has 0 fully saturated rings. The summed E-state index contributed by atoms with van der Waals surface area (Å²) in [6.07, 6.45) is 79.6. The number of rotatable bonds is 53. The van der Waals surface area contributed by atoms with Crippen LogP contribution in [0.4, 0.5) is 0 Å². The minimum atomic E-state index is -4.40. The average Bonchev–Trinajstić information content (AvgIpc) is 3.38. The zero-order valence-electron chi connectivity index (χ0n) is 46.3. The highest BCUT2D eigenvalue weighted by atomic mass is 31.2. The first-order chi connectivity index (χ1) is 35.8. The average molecular weight is 1040 g/mol. The SMILES string of the molecule is CC/C=C\C/C=C\C/C=C\C/C=C\C/C=C\C/C=C\CCCCCCCCC(=O)OC(COC(=O)CCCCCCCCCCCCCCCC/C=C\C/C=C\C/C=C\C/C=C\CC)COP(=O)(O)OCCN. The van der Waals surface area contributed by atoms with Crippen LogP contribution in [0.25, 0.3) is 0 Å². The van der Waals surface area contributed by atoms with Crippen LogP contribution in [-0.2, 0) is 32.7 Å². The van der Waals surface area contributed by atoms with E-state index in [4.69, 9.17) is 24.3 Å². The van der Waals surface area contributed by atoms with Crippen LogP contribution in [0.15, 0.2) is 122 Å². The van der Waals surface area contributed by atoms with E-state index in [0.29, 0.717) is 6.42 Å². The molecule has 10 heteroatoms. The molecule has 0 aromatic heterocycles. The zero-order chi connectivity index (χ0) is 53.1. The Bertz CT molecular complexity index is 1600. The summed E-state index contributed by atoms with van der Waals surface area (Å²) in [5.41, 5.74) is 5.38. The second kappa shape index (κ2) is 57.7. The van der Waals surface area contributed by atoms with Gasteiger partial charge in [-0.3, -0.25) is 18.6 Å². The van der Waals surface area contributed by atoms with Crippen LogP contribution in [0.3, 0.4) is 0 Å². The molecule has 0 aromatic rings. The Hall–Kier alpha value is -3.59. The molecule has 3 N–H and O–H groups in total. The maximum absolute atomic E-state index is 12.7. The third kappa shape index (κ3) is 57.5. The molecular weight excluding hydrogens is 930 g/mol. The molecule has 0 aliphatic heterocycles. The molecule has 416 valence electrons. The highest BCUT2D eigenvalue weighted by Gasteiger charge is 2.26. The first-order valence-corrected chi connectivity index (χ1v) is 30.5. The largest absolute Gasteiger partial charge is 0.472 e. The molecule has 0 heterocycles. The summed E-state index contributed by atoms with van der Waals surface area (Å²) in [6.45, 7) is 3.50. The van der Waals surface area contributed by atoms with Crippen molar-refractivity contribution in [2.75, 3.05) is 26.4 Å². The maximum Gasteiger partial charge on any atom is 0.472 e. The lowest BCUT2D eigenvalue weighted by Crippen LogP contribution is -2.29. The van der Waals surface area contributed by atoms with Crippen molar-refractivity contribution in [3.8, 4) is 0 Å². The van der Waals surface area contributed by atoms with Gasteiger partial charge in [0.25, 0.3) is 0 Å². The van der Waals surface area contributed by atoms with E-state index in [1.807, 2.05) is 0 Å². The molecule has 0 amide bonds. The van der Waals surface area contributed by atoms with Gasteiger partial charge in [0.1, 0.15) is 6.61 Å². The molecule has 0 aromatic carbocycles. The van der Waals surface area contributed by atoms with Crippen LogP contribution in [0.2, 0.25) is 0 Å². The van der Waals surface area contributed by atoms with E-state index in [2.05, 4.69) is 135 Å². The van der Waals surface area contributed by atoms with Gasteiger partial charge in [0.15, 0.2) is 6.10 Å². The van der Waals surface area contributed by atoms with Crippen LogP contribution >= 0.6 is 7.82 Å². The van der Waals surface area contributed by atoms with Crippen LogP contribution in [0.1, 0.15) is 232 Å². The van der Waals surface area contributed by atoms with Crippen molar-refractivity contribution in [3.05, 3.63) is 122 Å². The van der Waals surface area contributed by atoms with Crippen molar-refractivity contribution in [2.45, 2.75) is 238 Å². The normalized spacial score (nSPS) is 14.0. The Morgan fingerprint density at radius 1 is 0.411 bits per heavy atom. The number of ether oxygens (including phenoxy) is 2. The van der Waals surface area contributed by atoms with Crippen LogP contribution in [0, 0.1) is 0 Å². The Labute approximate surface area is 447 Å². The molecular formula is C63H106NO8P. The number of allylic oxidation sites excluding steroid dienone is 20. The van der Waals surface area contributed by atoms with Gasteiger partial charge in [0, 0.05) is 19.4 Å². The van der Waals surface area contributed by atoms with E-state index in [0.717, 1.165) is 122 Å². The lowest BCUT2D eigenvalue weighted by Gasteiger charge is -2.19. The number of carbonyl (C=O) groups is 2. The Kier molecular flexibility index (Phi) is 54.8. The van der Waals surface area contributed by atoms with Gasteiger partial charge >= 0.3 is 19.8 Å². The van der Waals surface area contributed by atoms with Crippen molar-refractivity contribution < 1.29 is 37.6 Å². The first-order valence-electron chi connectivity index (χ1n) is 29.0. The van der Waals surface area contributed by atoms with E-state index in [9.17, 15) is 19.0 Å². The molecule has 0 rings (SSSR count). The molecule has 0 aliphatic rings. The number of hydrogen-bond donors (Lipinski definition) is 2. The molecule has 0 saturated heterocycles. The van der Waals surface area contributed by atoms with Crippen molar-refractivity contribution in [2.24, 2.45) is 5.73 Å². The van der Waals surface area contributed by atoms with E-state index in [-0.39, 0.29) is 38.6 Å². The molecule has 2 unspecified atom stereocenters. The number of esters is 2. The summed E-state index contributed by atoms with van der Waals surface area (Å²) in [6, 6.07) is 0. The highest BCUT2D eigenvalue weighted by Crippen LogP contribution is 2.43. The van der Waals surface area contributed by atoms with Gasteiger partial charge in [-0.05, 0) is 103 Å². The molecule has 9 nitrogen and oxygen atoms in total. The molecule has 0 bridgehead atoms. The van der Waals surface area contributed by atoms with Crippen molar-refractivity contribution >= 4 is 19.8 Å². The van der Waals surface area contributed by atoms with Crippen molar-refractivity contribution in [1.29, 1.82) is 0 Å². The van der Waals surface area contributed by atoms with Gasteiger partial charge in [-0.2, -0.15) is 0 Å². The van der Waals surface area contributed by atoms with Gasteiger partial charge in [0.2, 0.25) is 0 Å². The monoisotopic (exact) mass is 1040 g/mol. The summed E-state index contributed by atoms with van der Waals surface area (Å²) in [5, 5.41) is 0. The second-order valence-electron chi connectivity index (χ2n) is 18.7. The number of unbranched alkanes of at least 4 members (excludes halogenated alkanes) is 20. The minimum Gasteiger partial charge on any atom is -0.462 e. The van der Waals surface area contributed by atoms with Gasteiger partial charge in [-0.15, -0.1) is 0 Å². The third-order valence-corrected chi connectivity index (χ3v) is 12.8. The lowest BCUT2D eigenvalue weighted by molar-refractivity contribution is -0.161. The third-order valence-electron chi connectivity index (χ3n) is 11.8. The fourth-order valence-electron chi connectivity index (χ4n) is 7.63. The molecule has 0 aliphatic carbocycles. The zero-order valence-corrected chi connectivity index (χ0v) is 47.2. The number of hydrogen-bond acceptors (Lipinski definition) is 8. The summed E-state index contributed by atoms with van der Waals surface area (Å²) in [7, 11) is -4.40. The van der Waals surface area contributed by atoms with E-state index in [1.54, 1.807) is 0 Å². The van der Waals surface area contributed by atoms with Gasteiger partial charge in [-0.1, -0.05) is 238 Å². The van der Waals surface area contributed by atoms with Crippen molar-refractivity contribution in [3.63, 3.8) is 0 Å². The minimum absolute atomic E-state index is 0.0447. The predicted molar refractivity (Wildman–Crippen MR) is 311 cm³/mol. The molecule has 2 atom stereocenters. The Balaban J connectivity index is 4.03. The summed E-state index contributed by atoms with van der Waals surface area (Å²) < 4.78 is 33.0. The first kappa shape index (κ1) is 69.4. The van der Waals surface area contributed by atoms with Crippen LogP contribution < -0.4 is 5.73 Å². The van der Waals surface area contributed by atoms with Crippen LogP contribution in [0.5, 0.6) is 0 Å². The number of phosphoric ester groups is 1. The van der Waals surface area contributed by atoms with E-state index in [1.165, 1.54) is 77.0 Å². The Morgan fingerprint density at radius 3 is 1.05 bits per heavy atom. The fraction of sp³-hybridized carbons (Fsp3) is 0.651. The smallest absolute Gasteiger partial charge is 0.462 e. The Morgan fingerprint density at radius 2 is 0.712 bits per heavy atom. The van der Waals surface area contributed by atoms with E-state index < -0.39 is 26.5 Å². The number of carbonyl (C=O) groups excluding carboxylic acids is 2. The number of phosphoric acid groups is 1. The predicted octanol–water partition coefficient (Wildman–Crippen LogP) is 18.4. The maximum atomic E-state index is 12.7. The van der Waals surface area contributed by atoms with Gasteiger partial charge in [0.05, 0.1) is 13.2 Å². The lowest BCUT2D eigenvalue weighted by atomic mass is 10.0. The van der Waals surface area contributed by atoms with Crippen molar-refractivity contribution in [1.82, 2.24) is 0 Å². The molecule has 0 radical (unpaired) electrons. The van der Waals surface area contributed by atoms with E-state index >= 15 is 0 Å². The summed E-state index contributed by atoms with van der Waals surface area (Å²) in [5.74, 6) is -0.850. The second-order valence-corrected chi connectivity index (χ2v) is 20.2. The fourth-order valence-corrected chi connectivity index (χ4v) is 8.40. The topological polar surface area (TPSA) is 134 Å². The molecule has 0 saturated carbocycles. The van der Waals surface area contributed by atoms with Crippen LogP contribution in [-0.4, -0.2) is 49.3 Å². The summed E-state index contributed by atoms with van der Waals surface area (Å²) >= 11 is 0.